The first-order valence-corrected chi connectivity index (χ1v) is 17.3. The normalized spacial score (nSPS) is 10.9. The summed E-state index contributed by atoms with van der Waals surface area (Å²) in [5.74, 6) is 0.239. The van der Waals surface area contributed by atoms with Gasteiger partial charge in [-0.1, -0.05) is 36.8 Å². The van der Waals surface area contributed by atoms with E-state index < -0.39 is 0 Å². The van der Waals surface area contributed by atoms with E-state index in [0.29, 0.717) is 54.4 Å². The molecule has 0 spiro atoms. The molecule has 12 heteroatoms. The van der Waals surface area contributed by atoms with Crippen molar-refractivity contribution in [2.75, 3.05) is 57.2 Å². The van der Waals surface area contributed by atoms with Gasteiger partial charge in [0.15, 0.2) is 0 Å². The lowest BCUT2D eigenvalue weighted by Gasteiger charge is -2.11. The minimum atomic E-state index is -0.157. The van der Waals surface area contributed by atoms with Crippen LogP contribution in [-0.4, -0.2) is 84.7 Å². The first-order chi connectivity index (χ1) is 25.0. The molecule has 2 aromatic carbocycles. The van der Waals surface area contributed by atoms with Crippen molar-refractivity contribution in [2.24, 2.45) is 0 Å². The molecular formula is C40H48N8O4. The van der Waals surface area contributed by atoms with E-state index in [1.165, 1.54) is 0 Å². The molecule has 0 fully saturated rings. The monoisotopic (exact) mass is 704 g/mol. The molecule has 0 aliphatic heterocycles. The Kier molecular flexibility index (Phi) is 15.0. The molecule has 2 heterocycles. The maximum atomic E-state index is 12.8. The molecule has 0 unspecified atom stereocenters. The number of anilines is 4. The molecule has 272 valence electrons. The lowest BCUT2D eigenvalue weighted by molar-refractivity contribution is -0.117. The number of carbonyl (C=O) groups excluding carboxylic acids is 4. The van der Waals surface area contributed by atoms with E-state index in [1.54, 1.807) is 61.9 Å². The van der Waals surface area contributed by atoms with Gasteiger partial charge in [-0.3, -0.25) is 24.2 Å². The van der Waals surface area contributed by atoms with Crippen LogP contribution in [-0.2, 0) is 20.8 Å². The van der Waals surface area contributed by atoms with Crippen LogP contribution < -0.4 is 21.3 Å². The molecule has 4 N–H and O–H groups in total. The fourth-order valence-corrected chi connectivity index (χ4v) is 5.16. The molecule has 0 bridgehead atoms. The predicted molar refractivity (Wildman–Crippen MR) is 206 cm³/mol. The van der Waals surface area contributed by atoms with Gasteiger partial charge in [-0.2, -0.15) is 0 Å². The maximum absolute atomic E-state index is 12.8. The minimum Gasteiger partial charge on any atom is -0.353 e. The zero-order chi connectivity index (χ0) is 37.3. The number of benzene rings is 2. The van der Waals surface area contributed by atoms with Crippen LogP contribution in [0.2, 0.25) is 0 Å². The van der Waals surface area contributed by atoms with Crippen molar-refractivity contribution in [1.82, 2.24) is 25.1 Å². The van der Waals surface area contributed by atoms with Gasteiger partial charge in [-0.15, -0.1) is 0 Å². The second kappa shape index (κ2) is 20.1. The van der Waals surface area contributed by atoms with Crippen molar-refractivity contribution in [2.45, 2.75) is 38.5 Å². The minimum absolute atomic E-state index is 0.0484. The highest BCUT2D eigenvalue weighted by Crippen LogP contribution is 2.23. The second-order valence-electron chi connectivity index (χ2n) is 12.9. The van der Waals surface area contributed by atoms with Gasteiger partial charge in [0.1, 0.15) is 5.82 Å². The molecule has 0 radical (unpaired) electrons. The quantitative estimate of drug-likeness (QED) is 0.0740. The van der Waals surface area contributed by atoms with Crippen LogP contribution in [0.5, 0.6) is 0 Å². The third-order valence-corrected chi connectivity index (χ3v) is 7.90. The number of nitrogens with zero attached hydrogens (tertiary/aromatic N) is 4. The highest BCUT2D eigenvalue weighted by atomic mass is 16.2. The molecular weight excluding hydrogens is 656 g/mol. The molecule has 4 amide bonds. The highest BCUT2D eigenvalue weighted by Gasteiger charge is 2.10. The molecule has 0 aliphatic carbocycles. The van der Waals surface area contributed by atoms with Gasteiger partial charge < -0.3 is 31.1 Å². The van der Waals surface area contributed by atoms with Gasteiger partial charge in [-0.05, 0) is 86.9 Å². The summed E-state index contributed by atoms with van der Waals surface area (Å²) in [4.78, 5) is 61.5. The Balaban J connectivity index is 1.17. The number of unbranched alkanes of at least 4 members (excludes halogenated alkanes) is 2. The standard InChI is InChI=1S/C40H48N8O4/c1-47(2)23-9-13-37(49)42-22-7-5-6-12-38(50)45-33-11-8-10-29(24-33)14-21-39(51)46-35-25-34(27-41-28-35)44-36-20-19-32(26-43-36)30-15-17-31(18-16-30)40(52)48(3)4/h8-11,13,15-20,24-28H,5-7,12,14,21-23H2,1-4H3,(H,42,49)(H,43,44)(H,45,50)(H,46,51)/b13-9+. The Morgan fingerprint density at radius 3 is 2.19 bits per heavy atom. The molecule has 52 heavy (non-hydrogen) atoms. The maximum Gasteiger partial charge on any atom is 0.253 e. The van der Waals surface area contributed by atoms with Gasteiger partial charge in [-0.25, -0.2) is 4.98 Å². The molecule has 0 atom stereocenters. The highest BCUT2D eigenvalue weighted by molar-refractivity contribution is 5.94. The van der Waals surface area contributed by atoms with E-state index in [-0.39, 0.29) is 30.0 Å². The van der Waals surface area contributed by atoms with Gasteiger partial charge in [0.05, 0.1) is 23.8 Å². The number of carbonyl (C=O) groups is 4. The lowest BCUT2D eigenvalue weighted by atomic mass is 10.1. The fourth-order valence-electron chi connectivity index (χ4n) is 5.16. The topological polar surface area (TPSA) is 149 Å². The lowest BCUT2D eigenvalue weighted by Crippen LogP contribution is -2.22. The molecule has 12 nitrogen and oxygen atoms in total. The Hall–Kier alpha value is -5.88. The van der Waals surface area contributed by atoms with Gasteiger partial charge >= 0.3 is 0 Å². The summed E-state index contributed by atoms with van der Waals surface area (Å²) >= 11 is 0. The SMILES string of the molecule is CN(C)C/C=C/C(=O)NCCCCCC(=O)Nc1cccc(CCC(=O)Nc2cncc(Nc3ccc(-c4ccc(C(=O)N(C)C)cc4)cn3)c2)c1. The zero-order valence-electron chi connectivity index (χ0n) is 30.3. The van der Waals surface area contributed by atoms with Crippen molar-refractivity contribution >= 4 is 46.5 Å². The van der Waals surface area contributed by atoms with Gasteiger partial charge in [0, 0.05) is 69.1 Å². The van der Waals surface area contributed by atoms with E-state index in [9.17, 15) is 19.2 Å². The van der Waals surface area contributed by atoms with Crippen molar-refractivity contribution in [3.63, 3.8) is 0 Å². The number of hydrogen-bond acceptors (Lipinski definition) is 8. The van der Waals surface area contributed by atoms with Crippen LogP contribution >= 0.6 is 0 Å². The fraction of sp³-hybridized carbons (Fsp3) is 0.300. The molecule has 0 saturated carbocycles. The first kappa shape index (κ1) is 38.9. The smallest absolute Gasteiger partial charge is 0.253 e. The second-order valence-corrected chi connectivity index (χ2v) is 12.9. The molecule has 2 aromatic heterocycles. The molecule has 4 aromatic rings. The summed E-state index contributed by atoms with van der Waals surface area (Å²) in [5, 5.41) is 11.9. The van der Waals surface area contributed by atoms with E-state index >= 15 is 0 Å². The summed E-state index contributed by atoms with van der Waals surface area (Å²) < 4.78 is 0. The van der Waals surface area contributed by atoms with Crippen LogP contribution in [0.25, 0.3) is 11.1 Å². The Bertz CT molecular complexity index is 1820. The van der Waals surface area contributed by atoms with E-state index in [1.807, 2.05) is 73.6 Å². The number of nitrogens with one attached hydrogen (secondary N) is 4. The number of amides is 4. The van der Waals surface area contributed by atoms with E-state index in [2.05, 4.69) is 31.2 Å². The van der Waals surface area contributed by atoms with Crippen molar-refractivity contribution in [3.8, 4) is 11.1 Å². The Labute approximate surface area is 305 Å². The first-order valence-electron chi connectivity index (χ1n) is 17.3. The number of aryl methyl sites for hydroxylation is 1. The van der Waals surface area contributed by atoms with Crippen molar-refractivity contribution in [3.05, 3.63) is 109 Å². The summed E-state index contributed by atoms with van der Waals surface area (Å²) in [6, 6.07) is 20.5. The third-order valence-electron chi connectivity index (χ3n) is 7.90. The van der Waals surface area contributed by atoms with Crippen LogP contribution in [0.15, 0.2) is 97.5 Å². The van der Waals surface area contributed by atoms with Crippen LogP contribution in [0.4, 0.5) is 22.9 Å². The number of hydrogen-bond donors (Lipinski definition) is 4. The summed E-state index contributed by atoms with van der Waals surface area (Å²) in [5.41, 5.74) is 5.34. The van der Waals surface area contributed by atoms with Gasteiger partial charge in [0.2, 0.25) is 17.7 Å². The predicted octanol–water partition coefficient (Wildman–Crippen LogP) is 5.89. The van der Waals surface area contributed by atoms with Crippen LogP contribution in [0.3, 0.4) is 0 Å². The number of rotatable bonds is 18. The summed E-state index contributed by atoms with van der Waals surface area (Å²) in [6.45, 7) is 1.29. The number of pyridine rings is 2. The Morgan fingerprint density at radius 1 is 0.731 bits per heavy atom. The van der Waals surface area contributed by atoms with Crippen molar-refractivity contribution in [1.29, 1.82) is 0 Å². The Morgan fingerprint density at radius 2 is 1.46 bits per heavy atom. The van der Waals surface area contributed by atoms with Gasteiger partial charge in [0.25, 0.3) is 5.91 Å². The summed E-state index contributed by atoms with van der Waals surface area (Å²) in [7, 11) is 7.33. The number of aromatic nitrogens is 2. The average molecular weight is 705 g/mol. The zero-order valence-corrected chi connectivity index (χ0v) is 30.3. The van der Waals surface area contributed by atoms with Crippen LogP contribution in [0.1, 0.15) is 48.0 Å². The molecule has 0 aliphatic rings. The molecule has 0 saturated heterocycles. The number of likely N-dealkylation sites (N-methyl/N-ethyl adjacent to an activating group) is 1. The largest absolute Gasteiger partial charge is 0.353 e. The van der Waals surface area contributed by atoms with Crippen LogP contribution in [0, 0.1) is 0 Å². The third kappa shape index (κ3) is 13.4. The average Bonchev–Trinajstić information content (AvgIpc) is 3.12. The molecule has 4 rings (SSSR count). The van der Waals surface area contributed by atoms with Crippen molar-refractivity contribution < 1.29 is 19.2 Å². The van der Waals surface area contributed by atoms with E-state index in [4.69, 9.17) is 0 Å². The summed E-state index contributed by atoms with van der Waals surface area (Å²) in [6.07, 6.45) is 11.9. The van der Waals surface area contributed by atoms with E-state index in [0.717, 1.165) is 36.0 Å².